The molecule has 1 aromatic heterocycles. The van der Waals surface area contributed by atoms with Crippen LogP contribution in [0.3, 0.4) is 0 Å². The molecule has 1 aromatic carbocycles. The fourth-order valence-corrected chi connectivity index (χ4v) is 2.22. The van der Waals surface area contributed by atoms with Crippen LogP contribution in [0.25, 0.3) is 0 Å². The third kappa shape index (κ3) is 2.69. The highest BCUT2D eigenvalue weighted by Crippen LogP contribution is 2.36. The number of methoxy groups -OCH3 is 1. The summed E-state index contributed by atoms with van der Waals surface area (Å²) in [5, 5.41) is 2.79. The summed E-state index contributed by atoms with van der Waals surface area (Å²) in [6, 6.07) is 3.57. The average molecular weight is 304 g/mol. The topological polar surface area (TPSA) is 82.8 Å². The Morgan fingerprint density at radius 1 is 1.32 bits per heavy atom. The molecule has 116 valence electrons. The zero-order chi connectivity index (χ0) is 15.5. The predicted molar refractivity (Wildman–Crippen MR) is 76.4 cm³/mol. The van der Waals surface area contributed by atoms with Crippen molar-refractivity contribution in [1.82, 2.24) is 10.3 Å². The molecule has 2 heterocycles. The van der Waals surface area contributed by atoms with Gasteiger partial charge in [-0.05, 0) is 13.0 Å². The molecule has 0 atom stereocenters. The van der Waals surface area contributed by atoms with E-state index in [1.54, 1.807) is 20.1 Å². The number of carbonyl (C=O) groups excluding carboxylic acids is 1. The highest BCUT2D eigenvalue weighted by atomic mass is 16.6. The Hall–Kier alpha value is -2.70. The molecule has 0 unspecified atom stereocenters. The molecule has 7 nitrogen and oxygen atoms in total. The number of hydrogen-bond acceptors (Lipinski definition) is 6. The fraction of sp³-hybridized carbons (Fsp3) is 0.333. The molecule has 0 saturated carbocycles. The van der Waals surface area contributed by atoms with Crippen LogP contribution in [0.1, 0.15) is 21.8 Å². The van der Waals surface area contributed by atoms with Crippen LogP contribution in [-0.2, 0) is 6.54 Å². The molecule has 2 aromatic rings. The molecular formula is C15H16N2O5. The van der Waals surface area contributed by atoms with E-state index in [0.717, 1.165) is 5.56 Å². The molecule has 0 fully saturated rings. The Bertz CT molecular complexity index is 695. The molecule has 0 bridgehead atoms. The SMILES string of the molecule is COc1cc2c(cc1CNC(=O)c1ncoc1C)OCCO2. The Kier molecular flexibility index (Phi) is 3.86. The van der Waals surface area contributed by atoms with E-state index < -0.39 is 0 Å². The monoisotopic (exact) mass is 304 g/mol. The van der Waals surface area contributed by atoms with Gasteiger partial charge in [0.05, 0.1) is 7.11 Å². The minimum atomic E-state index is -0.303. The van der Waals surface area contributed by atoms with Crippen molar-refractivity contribution in [2.24, 2.45) is 0 Å². The summed E-state index contributed by atoms with van der Waals surface area (Å²) < 4.78 is 21.4. The molecular weight excluding hydrogens is 288 g/mol. The van der Waals surface area contributed by atoms with Crippen LogP contribution >= 0.6 is 0 Å². The molecule has 22 heavy (non-hydrogen) atoms. The maximum Gasteiger partial charge on any atom is 0.273 e. The highest BCUT2D eigenvalue weighted by molar-refractivity contribution is 5.93. The second-order valence-electron chi connectivity index (χ2n) is 4.75. The zero-order valence-electron chi connectivity index (χ0n) is 12.3. The van der Waals surface area contributed by atoms with Crippen molar-refractivity contribution in [3.8, 4) is 17.2 Å². The van der Waals surface area contributed by atoms with Gasteiger partial charge in [0.25, 0.3) is 5.91 Å². The summed E-state index contributed by atoms with van der Waals surface area (Å²) in [4.78, 5) is 15.9. The molecule has 0 radical (unpaired) electrons. The van der Waals surface area contributed by atoms with E-state index >= 15 is 0 Å². The van der Waals surface area contributed by atoms with Crippen LogP contribution in [0.4, 0.5) is 0 Å². The number of ether oxygens (including phenoxy) is 3. The van der Waals surface area contributed by atoms with E-state index in [1.165, 1.54) is 6.39 Å². The zero-order valence-corrected chi connectivity index (χ0v) is 12.3. The minimum absolute atomic E-state index is 0.275. The molecule has 0 saturated heterocycles. The van der Waals surface area contributed by atoms with Crippen molar-refractivity contribution >= 4 is 5.91 Å². The number of benzene rings is 1. The van der Waals surface area contributed by atoms with E-state index in [1.807, 2.05) is 6.07 Å². The quantitative estimate of drug-likeness (QED) is 0.925. The lowest BCUT2D eigenvalue weighted by molar-refractivity contribution is 0.0944. The van der Waals surface area contributed by atoms with E-state index in [9.17, 15) is 4.79 Å². The van der Waals surface area contributed by atoms with E-state index in [2.05, 4.69) is 10.3 Å². The number of aromatic nitrogens is 1. The van der Waals surface area contributed by atoms with Crippen LogP contribution in [0.5, 0.6) is 17.2 Å². The first-order chi connectivity index (χ1) is 10.7. The van der Waals surface area contributed by atoms with Gasteiger partial charge in [-0.25, -0.2) is 4.98 Å². The maximum absolute atomic E-state index is 12.1. The summed E-state index contributed by atoms with van der Waals surface area (Å²) in [5.74, 6) is 2.09. The Balaban J connectivity index is 1.77. The van der Waals surface area contributed by atoms with Gasteiger partial charge in [0.1, 0.15) is 24.7 Å². The number of amides is 1. The fourth-order valence-electron chi connectivity index (χ4n) is 2.22. The summed E-state index contributed by atoms with van der Waals surface area (Å²) in [7, 11) is 1.57. The van der Waals surface area contributed by atoms with E-state index in [-0.39, 0.29) is 18.1 Å². The van der Waals surface area contributed by atoms with Gasteiger partial charge in [-0.3, -0.25) is 4.79 Å². The molecule has 0 spiro atoms. The lowest BCUT2D eigenvalue weighted by atomic mass is 10.1. The average Bonchev–Trinajstić information content (AvgIpc) is 2.97. The number of hydrogen-bond donors (Lipinski definition) is 1. The normalized spacial score (nSPS) is 12.8. The lowest BCUT2D eigenvalue weighted by Crippen LogP contribution is -2.24. The molecule has 3 rings (SSSR count). The van der Waals surface area contributed by atoms with Crippen molar-refractivity contribution < 1.29 is 23.4 Å². The number of oxazole rings is 1. The number of nitrogens with zero attached hydrogens (tertiary/aromatic N) is 1. The summed E-state index contributed by atoms with van der Waals surface area (Å²) in [6.07, 6.45) is 1.24. The molecule has 1 aliphatic rings. The Morgan fingerprint density at radius 3 is 2.68 bits per heavy atom. The third-order valence-corrected chi connectivity index (χ3v) is 3.34. The number of nitrogens with one attached hydrogen (secondary N) is 1. The van der Waals surface area contributed by atoms with Crippen molar-refractivity contribution in [2.75, 3.05) is 20.3 Å². The van der Waals surface area contributed by atoms with Crippen LogP contribution in [0.2, 0.25) is 0 Å². The molecule has 1 amide bonds. The summed E-state index contributed by atoms with van der Waals surface area (Å²) >= 11 is 0. The predicted octanol–water partition coefficient (Wildman–Crippen LogP) is 1.69. The smallest absolute Gasteiger partial charge is 0.273 e. The van der Waals surface area contributed by atoms with Gasteiger partial charge in [-0.1, -0.05) is 0 Å². The second-order valence-corrected chi connectivity index (χ2v) is 4.75. The molecule has 0 aliphatic carbocycles. The van der Waals surface area contributed by atoms with Gasteiger partial charge in [0.15, 0.2) is 23.6 Å². The maximum atomic E-state index is 12.1. The Labute approximate surface area is 127 Å². The van der Waals surface area contributed by atoms with Crippen LogP contribution in [0.15, 0.2) is 22.9 Å². The van der Waals surface area contributed by atoms with Gasteiger partial charge in [-0.15, -0.1) is 0 Å². The summed E-state index contributed by atoms with van der Waals surface area (Å²) in [5.41, 5.74) is 1.07. The van der Waals surface area contributed by atoms with Crippen molar-refractivity contribution in [1.29, 1.82) is 0 Å². The number of carbonyl (C=O) groups is 1. The van der Waals surface area contributed by atoms with Gasteiger partial charge >= 0.3 is 0 Å². The number of fused-ring (bicyclic) bond motifs is 1. The highest BCUT2D eigenvalue weighted by Gasteiger charge is 2.18. The van der Waals surface area contributed by atoms with Crippen molar-refractivity contribution in [2.45, 2.75) is 13.5 Å². The second kappa shape index (κ2) is 5.97. The van der Waals surface area contributed by atoms with E-state index in [0.29, 0.717) is 36.2 Å². The molecule has 7 heteroatoms. The Morgan fingerprint density at radius 2 is 2.05 bits per heavy atom. The minimum Gasteiger partial charge on any atom is -0.496 e. The van der Waals surface area contributed by atoms with Gasteiger partial charge < -0.3 is 23.9 Å². The first-order valence-corrected chi connectivity index (χ1v) is 6.84. The van der Waals surface area contributed by atoms with Crippen molar-refractivity contribution in [3.05, 3.63) is 35.5 Å². The van der Waals surface area contributed by atoms with Crippen LogP contribution < -0.4 is 19.5 Å². The van der Waals surface area contributed by atoms with Gasteiger partial charge in [0, 0.05) is 18.2 Å². The van der Waals surface area contributed by atoms with Crippen LogP contribution in [0, 0.1) is 6.92 Å². The standard InChI is InChI=1S/C15H16N2O5/c1-9-14(17-8-22-9)15(18)16-7-10-5-12-13(6-11(10)19-2)21-4-3-20-12/h5-6,8H,3-4,7H2,1-2H3,(H,16,18). The van der Waals surface area contributed by atoms with Crippen LogP contribution in [-0.4, -0.2) is 31.2 Å². The largest absolute Gasteiger partial charge is 0.496 e. The number of rotatable bonds is 4. The molecule has 1 N–H and O–H groups in total. The lowest BCUT2D eigenvalue weighted by Gasteiger charge is -2.20. The van der Waals surface area contributed by atoms with Gasteiger partial charge in [0.2, 0.25) is 0 Å². The first kappa shape index (κ1) is 14.2. The van der Waals surface area contributed by atoms with Crippen molar-refractivity contribution in [3.63, 3.8) is 0 Å². The number of aryl methyl sites for hydroxylation is 1. The van der Waals surface area contributed by atoms with E-state index in [4.69, 9.17) is 18.6 Å². The third-order valence-electron chi connectivity index (χ3n) is 3.34. The van der Waals surface area contributed by atoms with Gasteiger partial charge in [-0.2, -0.15) is 0 Å². The molecule has 1 aliphatic heterocycles. The first-order valence-electron chi connectivity index (χ1n) is 6.84. The summed E-state index contributed by atoms with van der Waals surface area (Å²) in [6.45, 7) is 2.98.